The summed E-state index contributed by atoms with van der Waals surface area (Å²) in [5, 5.41) is 14.3. The maximum atomic E-state index is 11.9. The van der Waals surface area contributed by atoms with Crippen LogP contribution in [-0.4, -0.2) is 37.2 Å². The van der Waals surface area contributed by atoms with Gasteiger partial charge in [-0.15, -0.1) is 0 Å². The molecule has 3 N–H and O–H groups in total. The summed E-state index contributed by atoms with van der Waals surface area (Å²) in [4.78, 5) is 25.0. The fourth-order valence-corrected chi connectivity index (χ4v) is 2.29. The number of hydrogen-bond acceptors (Lipinski definition) is 3. The quantitative estimate of drug-likeness (QED) is 0.775. The second kappa shape index (κ2) is 6.03. The molecular weight excluding hydrogens is 270 g/mol. The van der Waals surface area contributed by atoms with Crippen molar-refractivity contribution >= 4 is 23.4 Å². The second-order valence-corrected chi connectivity index (χ2v) is 5.65. The number of anilines is 2. The molecule has 1 atom stereocenters. The van der Waals surface area contributed by atoms with Crippen molar-refractivity contribution in [3.63, 3.8) is 0 Å². The van der Waals surface area contributed by atoms with Crippen molar-refractivity contribution in [1.29, 1.82) is 0 Å². The van der Waals surface area contributed by atoms with Crippen LogP contribution in [0.15, 0.2) is 18.2 Å². The zero-order valence-corrected chi connectivity index (χ0v) is 12.5. The molecule has 1 aromatic rings. The summed E-state index contributed by atoms with van der Waals surface area (Å²) >= 11 is 0. The van der Waals surface area contributed by atoms with Gasteiger partial charge >= 0.3 is 12.0 Å². The third-order valence-electron chi connectivity index (χ3n) is 3.59. The predicted octanol–water partition coefficient (Wildman–Crippen LogP) is 2.05. The molecule has 0 aliphatic heterocycles. The first kappa shape index (κ1) is 15.2. The van der Waals surface area contributed by atoms with E-state index in [0.29, 0.717) is 5.69 Å². The molecule has 6 heteroatoms. The van der Waals surface area contributed by atoms with Gasteiger partial charge in [0.1, 0.15) is 6.04 Å². The van der Waals surface area contributed by atoms with E-state index in [1.54, 1.807) is 6.07 Å². The zero-order valence-electron chi connectivity index (χ0n) is 12.5. The zero-order chi connectivity index (χ0) is 15.6. The van der Waals surface area contributed by atoms with Crippen molar-refractivity contribution in [2.75, 3.05) is 24.3 Å². The number of aliphatic carboxylic acids is 1. The summed E-state index contributed by atoms with van der Waals surface area (Å²) in [6, 6.07) is 4.29. The Morgan fingerprint density at radius 2 is 2.00 bits per heavy atom. The third-order valence-corrected chi connectivity index (χ3v) is 3.59. The second-order valence-electron chi connectivity index (χ2n) is 5.65. The molecule has 0 spiro atoms. The predicted molar refractivity (Wildman–Crippen MR) is 81.8 cm³/mol. The van der Waals surface area contributed by atoms with Crippen LogP contribution in [0.4, 0.5) is 16.2 Å². The van der Waals surface area contributed by atoms with Crippen LogP contribution in [0.25, 0.3) is 0 Å². The smallest absolute Gasteiger partial charge is 0.326 e. The average Bonchev–Trinajstić information content (AvgIpc) is 3.22. The van der Waals surface area contributed by atoms with Gasteiger partial charge in [-0.2, -0.15) is 0 Å². The Kier molecular flexibility index (Phi) is 4.35. The van der Waals surface area contributed by atoms with Crippen molar-refractivity contribution in [2.45, 2.75) is 25.8 Å². The summed E-state index contributed by atoms with van der Waals surface area (Å²) in [5.41, 5.74) is 2.75. The Morgan fingerprint density at radius 1 is 1.33 bits per heavy atom. The first-order chi connectivity index (χ1) is 9.88. The lowest BCUT2D eigenvalue weighted by molar-refractivity contribution is -0.139. The highest BCUT2D eigenvalue weighted by Crippen LogP contribution is 2.32. The van der Waals surface area contributed by atoms with E-state index >= 15 is 0 Å². The lowest BCUT2D eigenvalue weighted by Gasteiger charge is -2.18. The largest absolute Gasteiger partial charge is 0.480 e. The molecule has 21 heavy (non-hydrogen) atoms. The van der Waals surface area contributed by atoms with Crippen molar-refractivity contribution in [1.82, 2.24) is 5.32 Å². The van der Waals surface area contributed by atoms with E-state index in [9.17, 15) is 9.59 Å². The summed E-state index contributed by atoms with van der Waals surface area (Å²) < 4.78 is 0. The van der Waals surface area contributed by atoms with E-state index in [-0.39, 0.29) is 5.92 Å². The highest BCUT2D eigenvalue weighted by Gasteiger charge is 2.37. The van der Waals surface area contributed by atoms with Gasteiger partial charge in [0.25, 0.3) is 0 Å². The minimum Gasteiger partial charge on any atom is -0.480 e. The molecule has 1 fully saturated rings. The van der Waals surface area contributed by atoms with Crippen LogP contribution in [0.5, 0.6) is 0 Å². The summed E-state index contributed by atoms with van der Waals surface area (Å²) in [5.74, 6) is -0.922. The number of nitrogens with zero attached hydrogens (tertiary/aromatic N) is 1. The number of aryl methyl sites for hydroxylation is 1. The highest BCUT2D eigenvalue weighted by atomic mass is 16.4. The average molecular weight is 291 g/mol. The molecule has 1 aliphatic rings. The number of carbonyl (C=O) groups excluding carboxylic acids is 1. The lowest BCUT2D eigenvalue weighted by Crippen LogP contribution is -2.44. The number of rotatable bonds is 5. The number of carboxylic acids is 1. The number of urea groups is 1. The first-order valence-corrected chi connectivity index (χ1v) is 6.97. The lowest BCUT2D eigenvalue weighted by atomic mass is 10.1. The summed E-state index contributed by atoms with van der Waals surface area (Å²) in [6.07, 6.45) is 1.71. The SMILES string of the molecule is Cc1ccc(NC(=O)NC(C(=O)O)C2CC2)cc1N(C)C. The van der Waals surface area contributed by atoms with E-state index in [1.807, 2.05) is 38.1 Å². The third kappa shape index (κ3) is 3.87. The number of nitrogens with one attached hydrogen (secondary N) is 2. The molecule has 2 amide bonds. The van der Waals surface area contributed by atoms with Crippen LogP contribution in [0.2, 0.25) is 0 Å². The fourth-order valence-electron chi connectivity index (χ4n) is 2.29. The number of benzene rings is 1. The van der Waals surface area contributed by atoms with Gasteiger partial charge in [0, 0.05) is 25.5 Å². The first-order valence-electron chi connectivity index (χ1n) is 6.97. The standard InChI is InChI=1S/C15H21N3O3/c1-9-4-7-11(8-12(9)18(2)3)16-15(21)17-13(14(19)20)10-5-6-10/h4,7-8,10,13H,5-6H2,1-3H3,(H,19,20)(H2,16,17,21). The van der Waals surface area contributed by atoms with Gasteiger partial charge < -0.3 is 20.6 Å². The van der Waals surface area contributed by atoms with Crippen LogP contribution in [0.1, 0.15) is 18.4 Å². The van der Waals surface area contributed by atoms with Gasteiger partial charge in [-0.25, -0.2) is 9.59 Å². The van der Waals surface area contributed by atoms with Crippen LogP contribution in [0.3, 0.4) is 0 Å². The summed E-state index contributed by atoms with van der Waals surface area (Å²) in [6.45, 7) is 1.99. The van der Waals surface area contributed by atoms with Gasteiger partial charge in [-0.1, -0.05) is 6.07 Å². The molecule has 0 radical (unpaired) electrons. The molecule has 1 saturated carbocycles. The molecule has 2 rings (SSSR count). The van der Waals surface area contributed by atoms with Crippen LogP contribution in [0, 0.1) is 12.8 Å². The van der Waals surface area contributed by atoms with Gasteiger partial charge in [0.2, 0.25) is 0 Å². The Balaban J connectivity index is 2.02. The molecule has 6 nitrogen and oxygen atoms in total. The van der Waals surface area contributed by atoms with Crippen molar-refractivity contribution in [2.24, 2.45) is 5.92 Å². The van der Waals surface area contributed by atoms with Gasteiger partial charge in [0.15, 0.2) is 0 Å². The van der Waals surface area contributed by atoms with Crippen molar-refractivity contribution in [3.05, 3.63) is 23.8 Å². The van der Waals surface area contributed by atoms with Crippen LogP contribution >= 0.6 is 0 Å². The van der Waals surface area contributed by atoms with Gasteiger partial charge in [0.05, 0.1) is 0 Å². The molecule has 1 aromatic carbocycles. The van der Waals surface area contributed by atoms with Gasteiger partial charge in [-0.05, 0) is 43.4 Å². The minimum absolute atomic E-state index is 0.0589. The van der Waals surface area contributed by atoms with E-state index in [1.165, 1.54) is 0 Å². The molecule has 0 saturated heterocycles. The molecule has 1 unspecified atom stereocenters. The topological polar surface area (TPSA) is 81.7 Å². The number of hydrogen-bond donors (Lipinski definition) is 3. The van der Waals surface area contributed by atoms with E-state index in [4.69, 9.17) is 5.11 Å². The van der Waals surface area contributed by atoms with E-state index < -0.39 is 18.0 Å². The van der Waals surface area contributed by atoms with Gasteiger partial charge in [-0.3, -0.25) is 0 Å². The van der Waals surface area contributed by atoms with Crippen molar-refractivity contribution < 1.29 is 14.7 Å². The van der Waals surface area contributed by atoms with Crippen LogP contribution in [-0.2, 0) is 4.79 Å². The highest BCUT2D eigenvalue weighted by molar-refractivity contribution is 5.93. The Morgan fingerprint density at radius 3 is 2.52 bits per heavy atom. The molecule has 0 heterocycles. The molecule has 0 aromatic heterocycles. The fraction of sp³-hybridized carbons (Fsp3) is 0.467. The van der Waals surface area contributed by atoms with E-state index in [2.05, 4.69) is 10.6 Å². The van der Waals surface area contributed by atoms with E-state index in [0.717, 1.165) is 24.1 Å². The maximum absolute atomic E-state index is 11.9. The van der Waals surface area contributed by atoms with Crippen LogP contribution < -0.4 is 15.5 Å². The normalized spacial score (nSPS) is 15.2. The Hall–Kier alpha value is -2.24. The molecular formula is C15H21N3O3. The number of amides is 2. The molecule has 114 valence electrons. The maximum Gasteiger partial charge on any atom is 0.326 e. The Labute approximate surface area is 124 Å². The molecule has 0 bridgehead atoms. The summed E-state index contributed by atoms with van der Waals surface area (Å²) in [7, 11) is 3.86. The number of carbonyl (C=O) groups is 2. The number of carboxylic acid groups (broad SMARTS) is 1. The molecule has 1 aliphatic carbocycles. The van der Waals surface area contributed by atoms with Crippen molar-refractivity contribution in [3.8, 4) is 0 Å². The Bertz CT molecular complexity index is 553. The minimum atomic E-state index is -0.981. The monoisotopic (exact) mass is 291 g/mol.